The van der Waals surface area contributed by atoms with Crippen LogP contribution in [0.15, 0.2) is 16.7 Å². The second-order valence-electron chi connectivity index (χ2n) is 4.32. The molecule has 1 aliphatic rings. The third-order valence-electron chi connectivity index (χ3n) is 2.91. The number of halogens is 1. The number of Topliss-reactive ketones (excluding diaryl/α,β-unsaturated/α-hetero) is 1. The molecule has 0 aromatic carbocycles. The molecule has 2 rings (SSSR count). The van der Waals surface area contributed by atoms with Gasteiger partial charge in [-0.25, -0.2) is 4.98 Å². The number of β-amino-alcohol motifs (C(OH)–C–C–N with tert-alkyl or cyclic N) is 1. The van der Waals surface area contributed by atoms with E-state index in [0.717, 1.165) is 23.9 Å². The van der Waals surface area contributed by atoms with Crippen molar-refractivity contribution in [2.24, 2.45) is 0 Å². The van der Waals surface area contributed by atoms with Crippen LogP contribution in [0, 0.1) is 0 Å². The Balaban J connectivity index is 2.33. The van der Waals surface area contributed by atoms with Crippen LogP contribution in [0.5, 0.6) is 0 Å². The lowest BCUT2D eigenvalue weighted by Gasteiger charge is -2.32. The molecule has 0 saturated carbocycles. The summed E-state index contributed by atoms with van der Waals surface area (Å²) in [4.78, 5) is 17.9. The van der Waals surface area contributed by atoms with Crippen LogP contribution < -0.4 is 4.90 Å². The number of piperidine rings is 1. The maximum absolute atomic E-state index is 11.6. The summed E-state index contributed by atoms with van der Waals surface area (Å²) in [5, 5.41) is 9.66. The van der Waals surface area contributed by atoms with Crippen LogP contribution in [0.3, 0.4) is 0 Å². The van der Waals surface area contributed by atoms with E-state index in [2.05, 4.69) is 20.9 Å². The van der Waals surface area contributed by atoms with Crippen molar-refractivity contribution in [3.05, 3.63) is 22.3 Å². The van der Waals surface area contributed by atoms with Gasteiger partial charge in [0.15, 0.2) is 5.78 Å². The topological polar surface area (TPSA) is 53.4 Å². The Hall–Kier alpha value is -0.940. The van der Waals surface area contributed by atoms with Gasteiger partial charge in [0.2, 0.25) is 0 Å². The van der Waals surface area contributed by atoms with Gasteiger partial charge in [-0.15, -0.1) is 0 Å². The summed E-state index contributed by atoms with van der Waals surface area (Å²) in [6, 6.07) is 1.78. The molecule has 0 spiro atoms. The molecule has 1 aromatic heterocycles. The van der Waals surface area contributed by atoms with Gasteiger partial charge in [-0.1, -0.05) is 0 Å². The van der Waals surface area contributed by atoms with Gasteiger partial charge < -0.3 is 10.0 Å². The number of carbonyl (C=O) groups is 1. The first-order chi connectivity index (χ1) is 8.08. The van der Waals surface area contributed by atoms with Crippen LogP contribution in [0.25, 0.3) is 0 Å². The molecular weight excluding hydrogens is 284 g/mol. The number of nitrogens with zero attached hydrogens (tertiary/aromatic N) is 2. The van der Waals surface area contributed by atoms with Crippen LogP contribution in [-0.2, 0) is 0 Å². The quantitative estimate of drug-likeness (QED) is 0.849. The Morgan fingerprint density at radius 3 is 3.06 bits per heavy atom. The van der Waals surface area contributed by atoms with E-state index >= 15 is 0 Å². The van der Waals surface area contributed by atoms with E-state index in [1.807, 2.05) is 4.90 Å². The molecule has 1 saturated heterocycles. The number of hydrogen-bond acceptors (Lipinski definition) is 4. The zero-order chi connectivity index (χ0) is 12.4. The molecule has 1 atom stereocenters. The molecule has 4 nitrogen and oxygen atoms in total. The van der Waals surface area contributed by atoms with Crippen LogP contribution in [0.1, 0.15) is 30.1 Å². The van der Waals surface area contributed by atoms with E-state index in [1.54, 1.807) is 12.3 Å². The summed E-state index contributed by atoms with van der Waals surface area (Å²) >= 11 is 3.32. The highest BCUT2D eigenvalue weighted by molar-refractivity contribution is 9.10. The fourth-order valence-electron chi connectivity index (χ4n) is 2.09. The van der Waals surface area contributed by atoms with E-state index < -0.39 is 0 Å². The average Bonchev–Trinajstić information content (AvgIpc) is 2.28. The predicted octanol–water partition coefficient (Wildman–Crippen LogP) is 2.01. The minimum absolute atomic E-state index is 0.00568. The minimum Gasteiger partial charge on any atom is -0.391 e. The number of rotatable bonds is 2. The zero-order valence-corrected chi connectivity index (χ0v) is 11.3. The van der Waals surface area contributed by atoms with Crippen LogP contribution in [0.2, 0.25) is 0 Å². The predicted molar refractivity (Wildman–Crippen MR) is 69.4 cm³/mol. The van der Waals surface area contributed by atoms with Gasteiger partial charge in [0, 0.05) is 23.8 Å². The Morgan fingerprint density at radius 1 is 1.65 bits per heavy atom. The Labute approximate surface area is 109 Å². The molecule has 0 bridgehead atoms. The van der Waals surface area contributed by atoms with Crippen LogP contribution in [-0.4, -0.2) is 35.1 Å². The molecule has 2 heterocycles. The first-order valence-electron chi connectivity index (χ1n) is 5.67. The SMILES string of the molecule is CC(=O)c1cc(Br)cnc1N1CCCC(O)C1. The summed E-state index contributed by atoms with van der Waals surface area (Å²) in [6.07, 6.45) is 3.11. The van der Waals surface area contributed by atoms with E-state index in [-0.39, 0.29) is 11.9 Å². The molecule has 0 radical (unpaired) electrons. The zero-order valence-electron chi connectivity index (χ0n) is 9.69. The molecule has 1 aliphatic heterocycles. The Bertz CT molecular complexity index is 437. The third kappa shape index (κ3) is 2.84. The second kappa shape index (κ2) is 5.14. The standard InChI is InChI=1S/C12H15BrN2O2/c1-8(16)11-5-9(13)6-14-12(11)15-4-2-3-10(17)7-15/h5-6,10,17H,2-4,7H2,1H3. The van der Waals surface area contributed by atoms with Crippen molar-refractivity contribution >= 4 is 27.5 Å². The number of anilines is 1. The number of aliphatic hydroxyl groups is 1. The molecule has 5 heteroatoms. The molecule has 1 fully saturated rings. The van der Waals surface area contributed by atoms with E-state index in [9.17, 15) is 9.90 Å². The lowest BCUT2D eigenvalue weighted by molar-refractivity contribution is 0.101. The van der Waals surface area contributed by atoms with Gasteiger partial charge in [-0.3, -0.25) is 4.79 Å². The maximum atomic E-state index is 11.6. The lowest BCUT2D eigenvalue weighted by atomic mass is 10.1. The smallest absolute Gasteiger partial charge is 0.163 e. The highest BCUT2D eigenvalue weighted by Crippen LogP contribution is 2.25. The van der Waals surface area contributed by atoms with Gasteiger partial charge in [-0.2, -0.15) is 0 Å². The van der Waals surface area contributed by atoms with Crippen molar-refractivity contribution in [1.29, 1.82) is 0 Å². The van der Waals surface area contributed by atoms with Crippen LogP contribution in [0.4, 0.5) is 5.82 Å². The summed E-state index contributed by atoms with van der Waals surface area (Å²) in [5.74, 6) is 0.674. The fraction of sp³-hybridized carbons (Fsp3) is 0.500. The van der Waals surface area contributed by atoms with Gasteiger partial charge in [0.1, 0.15) is 5.82 Å². The van der Waals surface area contributed by atoms with Gasteiger partial charge in [-0.05, 0) is 41.8 Å². The van der Waals surface area contributed by atoms with Crippen molar-refractivity contribution in [3.8, 4) is 0 Å². The third-order valence-corrected chi connectivity index (χ3v) is 3.34. The molecule has 0 aliphatic carbocycles. The van der Waals surface area contributed by atoms with Gasteiger partial charge >= 0.3 is 0 Å². The number of aliphatic hydroxyl groups excluding tert-OH is 1. The number of hydrogen-bond donors (Lipinski definition) is 1. The number of aromatic nitrogens is 1. The van der Waals surface area contributed by atoms with Crippen molar-refractivity contribution in [2.45, 2.75) is 25.9 Å². The maximum Gasteiger partial charge on any atom is 0.163 e. The molecule has 92 valence electrons. The molecular formula is C12H15BrN2O2. The van der Waals surface area contributed by atoms with Crippen molar-refractivity contribution in [1.82, 2.24) is 4.98 Å². The van der Waals surface area contributed by atoms with Crippen LogP contribution >= 0.6 is 15.9 Å². The van der Waals surface area contributed by atoms with Crippen molar-refractivity contribution < 1.29 is 9.90 Å². The monoisotopic (exact) mass is 298 g/mol. The first-order valence-corrected chi connectivity index (χ1v) is 6.46. The van der Waals surface area contributed by atoms with Gasteiger partial charge in [0.05, 0.1) is 11.7 Å². The van der Waals surface area contributed by atoms with Crippen molar-refractivity contribution in [2.75, 3.05) is 18.0 Å². The molecule has 1 unspecified atom stereocenters. The first kappa shape index (κ1) is 12.5. The summed E-state index contributed by atoms with van der Waals surface area (Å²) in [5.41, 5.74) is 0.605. The summed E-state index contributed by atoms with van der Waals surface area (Å²) in [6.45, 7) is 2.92. The summed E-state index contributed by atoms with van der Waals surface area (Å²) < 4.78 is 0.795. The van der Waals surface area contributed by atoms with E-state index in [0.29, 0.717) is 17.9 Å². The minimum atomic E-state index is -0.325. The second-order valence-corrected chi connectivity index (χ2v) is 5.24. The fourth-order valence-corrected chi connectivity index (χ4v) is 2.42. The van der Waals surface area contributed by atoms with E-state index in [4.69, 9.17) is 0 Å². The largest absolute Gasteiger partial charge is 0.391 e. The molecule has 0 amide bonds. The Morgan fingerprint density at radius 2 is 2.41 bits per heavy atom. The molecule has 1 aromatic rings. The normalized spacial score (nSPS) is 20.4. The Kier molecular flexibility index (Phi) is 3.79. The van der Waals surface area contributed by atoms with E-state index in [1.165, 1.54) is 6.92 Å². The number of carbonyl (C=O) groups excluding carboxylic acids is 1. The van der Waals surface area contributed by atoms with Gasteiger partial charge in [0.25, 0.3) is 0 Å². The summed E-state index contributed by atoms with van der Waals surface area (Å²) in [7, 11) is 0. The molecule has 1 N–H and O–H groups in total. The van der Waals surface area contributed by atoms with Crippen molar-refractivity contribution in [3.63, 3.8) is 0 Å². The average molecular weight is 299 g/mol. The number of ketones is 1. The highest BCUT2D eigenvalue weighted by atomic mass is 79.9. The number of pyridine rings is 1. The highest BCUT2D eigenvalue weighted by Gasteiger charge is 2.22. The lowest BCUT2D eigenvalue weighted by Crippen LogP contribution is -2.39. The molecule has 17 heavy (non-hydrogen) atoms.